The lowest BCUT2D eigenvalue weighted by Gasteiger charge is -2.28. The van der Waals surface area contributed by atoms with Crippen LogP contribution in [0.2, 0.25) is 0 Å². The van der Waals surface area contributed by atoms with Crippen molar-refractivity contribution in [2.45, 2.75) is 45.4 Å². The van der Waals surface area contributed by atoms with E-state index in [0.29, 0.717) is 5.92 Å². The monoisotopic (exact) mass is 249 g/mol. The number of halogens is 1. The molecule has 0 aromatic heterocycles. The Balaban J connectivity index is 2.50. The van der Waals surface area contributed by atoms with Crippen LogP contribution in [0.1, 0.15) is 34.6 Å². The van der Waals surface area contributed by atoms with Crippen LogP contribution in [-0.4, -0.2) is 21.7 Å². The SMILES string of the molecule is CC(C)C1C(Cl)=CON1CSC(C)(C)C. The summed E-state index contributed by atoms with van der Waals surface area (Å²) in [6.07, 6.45) is 1.65. The Labute approximate surface area is 102 Å². The topological polar surface area (TPSA) is 12.5 Å². The molecular weight excluding hydrogens is 230 g/mol. The maximum Gasteiger partial charge on any atom is 0.127 e. The van der Waals surface area contributed by atoms with Crippen LogP contribution in [0.25, 0.3) is 0 Å². The first-order valence-corrected chi connectivity index (χ1v) is 6.60. The minimum absolute atomic E-state index is 0.210. The molecule has 0 amide bonds. The highest BCUT2D eigenvalue weighted by molar-refractivity contribution is 8.00. The highest BCUT2D eigenvalue weighted by Gasteiger charge is 2.32. The number of nitrogens with zero attached hydrogens (tertiary/aromatic N) is 1. The summed E-state index contributed by atoms with van der Waals surface area (Å²) < 4.78 is 0.250. The van der Waals surface area contributed by atoms with Gasteiger partial charge >= 0.3 is 0 Å². The largest absolute Gasteiger partial charge is 0.411 e. The third-order valence-electron chi connectivity index (χ3n) is 2.15. The Kier molecular flexibility index (Phi) is 4.38. The van der Waals surface area contributed by atoms with E-state index in [9.17, 15) is 0 Å². The maximum atomic E-state index is 6.10. The van der Waals surface area contributed by atoms with Gasteiger partial charge in [0, 0.05) is 4.75 Å². The van der Waals surface area contributed by atoms with E-state index in [4.69, 9.17) is 16.4 Å². The maximum absolute atomic E-state index is 6.10. The van der Waals surface area contributed by atoms with Gasteiger partial charge in [0.2, 0.25) is 0 Å². The fourth-order valence-corrected chi connectivity index (χ4v) is 2.55. The molecule has 0 N–H and O–H groups in total. The second kappa shape index (κ2) is 4.98. The highest BCUT2D eigenvalue weighted by Crippen LogP contribution is 2.32. The number of hydrogen-bond acceptors (Lipinski definition) is 3. The van der Waals surface area contributed by atoms with Crippen molar-refractivity contribution in [1.29, 1.82) is 0 Å². The van der Waals surface area contributed by atoms with Gasteiger partial charge in [-0.15, -0.1) is 16.8 Å². The molecule has 1 aliphatic heterocycles. The molecular formula is C11H20ClNOS. The van der Waals surface area contributed by atoms with Crippen LogP contribution in [0.15, 0.2) is 11.3 Å². The predicted octanol–water partition coefficient (Wildman–Crippen LogP) is 3.83. The molecule has 0 spiro atoms. The fraction of sp³-hybridized carbons (Fsp3) is 0.818. The second-order valence-electron chi connectivity index (χ2n) is 5.10. The Bertz CT molecular complexity index is 247. The van der Waals surface area contributed by atoms with E-state index in [1.165, 1.54) is 0 Å². The Hall–Kier alpha value is 0.140. The number of rotatable bonds is 3. The Morgan fingerprint density at radius 3 is 2.60 bits per heavy atom. The zero-order chi connectivity index (χ0) is 11.6. The average molecular weight is 250 g/mol. The standard InChI is InChI=1S/C11H20ClNOS/c1-8(2)10-9(12)6-14-13(10)7-15-11(3,4)5/h6,8,10H,7H2,1-5H3. The number of hydrogen-bond donors (Lipinski definition) is 0. The van der Waals surface area contributed by atoms with Gasteiger partial charge in [0.25, 0.3) is 0 Å². The van der Waals surface area contributed by atoms with Crippen molar-refractivity contribution >= 4 is 23.4 Å². The van der Waals surface area contributed by atoms with Crippen molar-refractivity contribution in [1.82, 2.24) is 5.06 Å². The molecule has 1 heterocycles. The molecule has 0 bridgehead atoms. The molecule has 2 nitrogen and oxygen atoms in total. The van der Waals surface area contributed by atoms with Crippen LogP contribution in [0.4, 0.5) is 0 Å². The van der Waals surface area contributed by atoms with Gasteiger partial charge in [-0.2, -0.15) is 0 Å². The Morgan fingerprint density at radius 1 is 1.53 bits per heavy atom. The zero-order valence-electron chi connectivity index (χ0n) is 10.1. The predicted molar refractivity (Wildman–Crippen MR) is 67.7 cm³/mol. The molecule has 1 aliphatic rings. The molecule has 4 heteroatoms. The third-order valence-corrected chi connectivity index (χ3v) is 3.71. The lowest BCUT2D eigenvalue weighted by atomic mass is 10.1. The molecule has 0 fully saturated rings. The van der Waals surface area contributed by atoms with Gasteiger partial charge in [-0.1, -0.05) is 46.2 Å². The summed E-state index contributed by atoms with van der Waals surface area (Å²) in [4.78, 5) is 5.45. The van der Waals surface area contributed by atoms with Crippen LogP contribution in [-0.2, 0) is 4.84 Å². The van der Waals surface area contributed by atoms with Crippen LogP contribution < -0.4 is 0 Å². The molecule has 1 unspecified atom stereocenters. The summed E-state index contributed by atoms with van der Waals surface area (Å²) in [7, 11) is 0. The normalized spacial score (nSPS) is 23.1. The van der Waals surface area contributed by atoms with Gasteiger partial charge in [0.05, 0.1) is 17.0 Å². The molecule has 1 atom stereocenters. The van der Waals surface area contributed by atoms with E-state index in [0.717, 1.165) is 10.9 Å². The third kappa shape index (κ3) is 3.89. The van der Waals surface area contributed by atoms with Crippen molar-refractivity contribution in [2.24, 2.45) is 5.92 Å². The number of thioether (sulfide) groups is 1. The van der Waals surface area contributed by atoms with Gasteiger partial charge in [-0.25, -0.2) is 0 Å². The van der Waals surface area contributed by atoms with Gasteiger partial charge in [-0.05, 0) is 5.92 Å². The van der Waals surface area contributed by atoms with Gasteiger partial charge < -0.3 is 4.84 Å². The summed E-state index contributed by atoms with van der Waals surface area (Å²) in [6, 6.07) is 0.210. The first kappa shape index (κ1) is 13.2. The van der Waals surface area contributed by atoms with Crippen molar-refractivity contribution in [3.05, 3.63) is 11.3 Å². The smallest absolute Gasteiger partial charge is 0.127 e. The minimum atomic E-state index is 0.210. The van der Waals surface area contributed by atoms with E-state index in [2.05, 4.69) is 34.6 Å². The van der Waals surface area contributed by atoms with Crippen molar-refractivity contribution in [3.63, 3.8) is 0 Å². The first-order chi connectivity index (χ1) is 6.81. The first-order valence-electron chi connectivity index (χ1n) is 5.24. The van der Waals surface area contributed by atoms with Crippen LogP contribution >= 0.6 is 23.4 Å². The van der Waals surface area contributed by atoms with E-state index < -0.39 is 0 Å². The van der Waals surface area contributed by atoms with Gasteiger partial charge in [0.15, 0.2) is 0 Å². The second-order valence-corrected chi connectivity index (χ2v) is 7.31. The quantitative estimate of drug-likeness (QED) is 0.754. The summed E-state index contributed by atoms with van der Waals surface area (Å²) in [5.74, 6) is 1.32. The molecule has 0 radical (unpaired) electrons. The molecule has 0 aromatic rings. The van der Waals surface area contributed by atoms with Crippen LogP contribution in [0, 0.1) is 5.92 Å². The van der Waals surface area contributed by atoms with E-state index in [1.54, 1.807) is 6.26 Å². The van der Waals surface area contributed by atoms with Crippen molar-refractivity contribution < 1.29 is 4.84 Å². The summed E-state index contributed by atoms with van der Waals surface area (Å²) in [6.45, 7) is 10.9. The molecule has 0 aliphatic carbocycles. The van der Waals surface area contributed by atoms with E-state index in [1.807, 2.05) is 16.8 Å². The Morgan fingerprint density at radius 2 is 2.13 bits per heavy atom. The molecule has 0 saturated carbocycles. The fourth-order valence-electron chi connectivity index (χ4n) is 1.41. The minimum Gasteiger partial charge on any atom is -0.411 e. The highest BCUT2D eigenvalue weighted by atomic mass is 35.5. The summed E-state index contributed by atoms with van der Waals surface area (Å²) >= 11 is 7.97. The van der Waals surface area contributed by atoms with Gasteiger partial charge in [0.1, 0.15) is 6.26 Å². The van der Waals surface area contributed by atoms with Crippen molar-refractivity contribution in [2.75, 3.05) is 5.88 Å². The van der Waals surface area contributed by atoms with E-state index in [-0.39, 0.29) is 10.8 Å². The average Bonchev–Trinajstić information content (AvgIpc) is 2.42. The zero-order valence-corrected chi connectivity index (χ0v) is 11.7. The summed E-state index contributed by atoms with van der Waals surface area (Å²) in [5.41, 5.74) is 0. The molecule has 0 saturated heterocycles. The lowest BCUT2D eigenvalue weighted by Crippen LogP contribution is -2.35. The molecule has 88 valence electrons. The van der Waals surface area contributed by atoms with Gasteiger partial charge in [-0.3, -0.25) is 0 Å². The van der Waals surface area contributed by atoms with Crippen molar-refractivity contribution in [3.8, 4) is 0 Å². The van der Waals surface area contributed by atoms with E-state index >= 15 is 0 Å². The van der Waals surface area contributed by atoms with Crippen LogP contribution in [0.3, 0.4) is 0 Å². The molecule has 15 heavy (non-hydrogen) atoms. The molecule has 0 aromatic carbocycles. The number of hydroxylamine groups is 2. The van der Waals surface area contributed by atoms with Crippen LogP contribution in [0.5, 0.6) is 0 Å². The molecule has 1 rings (SSSR count). The summed E-state index contributed by atoms with van der Waals surface area (Å²) in [5, 5.41) is 2.77. The lowest BCUT2D eigenvalue weighted by molar-refractivity contribution is -0.0956.